The van der Waals surface area contributed by atoms with Crippen molar-refractivity contribution in [3.05, 3.63) is 68.7 Å². The van der Waals surface area contributed by atoms with Crippen LogP contribution in [0.1, 0.15) is 25.3 Å². The van der Waals surface area contributed by atoms with Gasteiger partial charge in [-0.1, -0.05) is 26.0 Å². The Labute approximate surface area is 148 Å². The molecule has 0 fully saturated rings. The van der Waals surface area contributed by atoms with E-state index in [0.29, 0.717) is 11.6 Å². The summed E-state index contributed by atoms with van der Waals surface area (Å²) in [5.74, 6) is -0.860. The fourth-order valence-electron chi connectivity index (χ4n) is 2.63. The maximum absolute atomic E-state index is 12.3. The number of nitro groups is 1. The average molecular weight is 355 g/mol. The molecule has 0 saturated heterocycles. The number of hydrogen-bond donors (Lipinski definition) is 1. The average Bonchev–Trinajstić information content (AvgIpc) is 2.90. The van der Waals surface area contributed by atoms with Gasteiger partial charge in [-0.3, -0.25) is 19.5 Å². The Kier molecular flexibility index (Phi) is 4.57. The molecule has 2 aromatic carbocycles. The molecule has 134 valence electrons. The number of carbonyl (C=O) groups excluding carboxylic acids is 1. The van der Waals surface area contributed by atoms with Gasteiger partial charge < -0.3 is 9.73 Å². The van der Waals surface area contributed by atoms with Gasteiger partial charge >= 0.3 is 5.76 Å². The normalized spacial score (nSPS) is 11.0. The minimum Gasteiger partial charge on any atom is -0.408 e. The third-order valence-corrected chi connectivity index (χ3v) is 4.00. The summed E-state index contributed by atoms with van der Waals surface area (Å²) in [5.41, 5.74) is 1.90. The number of nitrogens with zero attached hydrogens (tertiary/aromatic N) is 2. The van der Waals surface area contributed by atoms with Crippen LogP contribution < -0.4 is 11.1 Å². The molecular formula is C18H17N3O5. The zero-order valence-electron chi connectivity index (χ0n) is 14.3. The van der Waals surface area contributed by atoms with Gasteiger partial charge in [0, 0.05) is 17.8 Å². The Morgan fingerprint density at radius 3 is 2.73 bits per heavy atom. The number of benzene rings is 2. The molecule has 0 unspecified atom stereocenters. The zero-order valence-corrected chi connectivity index (χ0v) is 14.3. The van der Waals surface area contributed by atoms with Gasteiger partial charge in [-0.05, 0) is 29.7 Å². The van der Waals surface area contributed by atoms with E-state index in [9.17, 15) is 19.7 Å². The number of nitrogens with one attached hydrogen (secondary N) is 1. The van der Waals surface area contributed by atoms with Crippen LogP contribution >= 0.6 is 0 Å². The molecule has 0 saturated carbocycles. The second kappa shape index (κ2) is 6.83. The molecule has 26 heavy (non-hydrogen) atoms. The van der Waals surface area contributed by atoms with E-state index in [4.69, 9.17) is 4.42 Å². The predicted octanol–water partition coefficient (Wildman–Crippen LogP) is 3.26. The lowest BCUT2D eigenvalue weighted by molar-refractivity contribution is -0.384. The van der Waals surface area contributed by atoms with E-state index in [-0.39, 0.29) is 23.3 Å². The lowest BCUT2D eigenvalue weighted by atomic mass is 10.0. The first-order valence-corrected chi connectivity index (χ1v) is 8.03. The van der Waals surface area contributed by atoms with Crippen LogP contribution in [0.5, 0.6) is 0 Å². The van der Waals surface area contributed by atoms with Gasteiger partial charge in [0.15, 0.2) is 5.58 Å². The molecule has 0 atom stereocenters. The molecule has 8 heteroatoms. The summed E-state index contributed by atoms with van der Waals surface area (Å²) in [6, 6.07) is 11.2. The van der Waals surface area contributed by atoms with Crippen molar-refractivity contribution < 1.29 is 14.1 Å². The van der Waals surface area contributed by atoms with Crippen LogP contribution in [0.25, 0.3) is 11.1 Å². The van der Waals surface area contributed by atoms with Crippen molar-refractivity contribution in [1.82, 2.24) is 4.57 Å². The van der Waals surface area contributed by atoms with Crippen molar-refractivity contribution in [1.29, 1.82) is 0 Å². The summed E-state index contributed by atoms with van der Waals surface area (Å²) in [5, 5.41) is 13.7. The second-order valence-corrected chi connectivity index (χ2v) is 6.19. The number of fused-ring (bicyclic) bond motifs is 1. The Morgan fingerprint density at radius 1 is 1.27 bits per heavy atom. The maximum Gasteiger partial charge on any atom is 0.420 e. The second-order valence-electron chi connectivity index (χ2n) is 6.19. The van der Waals surface area contributed by atoms with Crippen LogP contribution in [0, 0.1) is 10.1 Å². The van der Waals surface area contributed by atoms with Gasteiger partial charge in [0.1, 0.15) is 6.54 Å². The molecule has 8 nitrogen and oxygen atoms in total. The minimum absolute atomic E-state index is 0.183. The molecule has 1 heterocycles. The summed E-state index contributed by atoms with van der Waals surface area (Å²) >= 11 is 0. The molecule has 0 bridgehead atoms. The summed E-state index contributed by atoms with van der Waals surface area (Å²) in [4.78, 5) is 34.7. The monoisotopic (exact) mass is 355 g/mol. The quantitative estimate of drug-likeness (QED) is 0.558. The predicted molar refractivity (Wildman–Crippen MR) is 96.3 cm³/mol. The maximum atomic E-state index is 12.3. The molecule has 0 aliphatic carbocycles. The molecule has 1 amide bonds. The van der Waals surface area contributed by atoms with Crippen LogP contribution in [-0.4, -0.2) is 15.4 Å². The Hall–Kier alpha value is -3.42. The van der Waals surface area contributed by atoms with E-state index < -0.39 is 16.6 Å². The first kappa shape index (κ1) is 17.4. The number of rotatable bonds is 5. The standard InChI is InChI=1S/C18H17N3O5/c1-11(2)12-4-3-5-13(8-12)19-17(22)10-20-15-9-14(21(24)25)6-7-16(15)26-18(20)23/h3-9,11H,10H2,1-2H3,(H,19,22). The third kappa shape index (κ3) is 3.49. The molecular weight excluding hydrogens is 338 g/mol. The highest BCUT2D eigenvalue weighted by Gasteiger charge is 2.16. The molecule has 3 rings (SSSR count). The number of amides is 1. The summed E-state index contributed by atoms with van der Waals surface area (Å²) < 4.78 is 6.11. The highest BCUT2D eigenvalue weighted by molar-refractivity contribution is 5.91. The SMILES string of the molecule is CC(C)c1cccc(NC(=O)Cn2c(=O)oc3ccc([N+](=O)[O-])cc32)c1. The largest absolute Gasteiger partial charge is 0.420 e. The van der Waals surface area contributed by atoms with Crippen LogP contribution in [0.3, 0.4) is 0 Å². The Bertz CT molecular complexity index is 1050. The van der Waals surface area contributed by atoms with Gasteiger partial charge in [0.2, 0.25) is 5.91 Å². The molecule has 0 aliphatic rings. The van der Waals surface area contributed by atoms with Crippen LogP contribution in [0.15, 0.2) is 51.7 Å². The minimum atomic E-state index is -0.744. The van der Waals surface area contributed by atoms with E-state index in [2.05, 4.69) is 5.32 Å². The van der Waals surface area contributed by atoms with Crippen molar-refractivity contribution in [2.45, 2.75) is 26.3 Å². The van der Waals surface area contributed by atoms with E-state index in [1.54, 1.807) is 6.07 Å². The molecule has 1 aromatic heterocycles. The smallest absolute Gasteiger partial charge is 0.408 e. The fourth-order valence-corrected chi connectivity index (χ4v) is 2.63. The fraction of sp³-hybridized carbons (Fsp3) is 0.222. The van der Waals surface area contributed by atoms with Gasteiger partial charge in [0.05, 0.1) is 10.4 Å². The molecule has 0 spiro atoms. The summed E-state index contributed by atoms with van der Waals surface area (Å²) in [6.45, 7) is 3.79. The molecule has 1 N–H and O–H groups in total. The van der Waals surface area contributed by atoms with Gasteiger partial charge in [-0.15, -0.1) is 0 Å². The number of anilines is 1. The lowest BCUT2D eigenvalue weighted by Crippen LogP contribution is -2.24. The number of non-ortho nitro benzene ring substituents is 1. The van der Waals surface area contributed by atoms with E-state index in [0.717, 1.165) is 10.1 Å². The van der Waals surface area contributed by atoms with E-state index >= 15 is 0 Å². The number of carbonyl (C=O) groups is 1. The first-order valence-electron chi connectivity index (χ1n) is 8.03. The van der Waals surface area contributed by atoms with Gasteiger partial charge in [-0.25, -0.2) is 4.79 Å². The Balaban J connectivity index is 1.86. The summed E-state index contributed by atoms with van der Waals surface area (Å²) in [6.07, 6.45) is 0. The van der Waals surface area contributed by atoms with Crippen molar-refractivity contribution in [2.24, 2.45) is 0 Å². The van der Waals surface area contributed by atoms with Crippen molar-refractivity contribution >= 4 is 28.4 Å². The summed E-state index contributed by atoms with van der Waals surface area (Å²) in [7, 11) is 0. The highest BCUT2D eigenvalue weighted by atomic mass is 16.6. The number of oxazole rings is 1. The van der Waals surface area contributed by atoms with Crippen LogP contribution in [-0.2, 0) is 11.3 Å². The van der Waals surface area contributed by atoms with Crippen molar-refractivity contribution in [3.63, 3.8) is 0 Å². The Morgan fingerprint density at radius 2 is 2.04 bits per heavy atom. The van der Waals surface area contributed by atoms with Crippen molar-refractivity contribution in [2.75, 3.05) is 5.32 Å². The zero-order chi connectivity index (χ0) is 18.8. The number of hydrogen-bond acceptors (Lipinski definition) is 5. The van der Waals surface area contributed by atoms with Gasteiger partial charge in [0.25, 0.3) is 5.69 Å². The number of aromatic nitrogens is 1. The van der Waals surface area contributed by atoms with Crippen LogP contribution in [0.2, 0.25) is 0 Å². The number of nitro benzene ring substituents is 1. The third-order valence-electron chi connectivity index (χ3n) is 4.00. The first-order chi connectivity index (χ1) is 12.3. The molecule has 0 aliphatic heterocycles. The molecule has 3 aromatic rings. The van der Waals surface area contributed by atoms with Gasteiger partial charge in [-0.2, -0.15) is 0 Å². The van der Waals surface area contributed by atoms with Crippen molar-refractivity contribution in [3.8, 4) is 0 Å². The highest BCUT2D eigenvalue weighted by Crippen LogP contribution is 2.21. The van der Waals surface area contributed by atoms with E-state index in [1.807, 2.05) is 32.0 Å². The lowest BCUT2D eigenvalue weighted by Gasteiger charge is -2.09. The topological polar surface area (TPSA) is 107 Å². The molecule has 0 radical (unpaired) electrons. The van der Waals surface area contributed by atoms with E-state index in [1.165, 1.54) is 18.2 Å². The van der Waals surface area contributed by atoms with Crippen LogP contribution in [0.4, 0.5) is 11.4 Å².